The van der Waals surface area contributed by atoms with Gasteiger partial charge in [0.1, 0.15) is 0 Å². The summed E-state index contributed by atoms with van der Waals surface area (Å²) in [4.78, 5) is 2.44. The molecule has 1 aliphatic heterocycles. The van der Waals surface area contributed by atoms with Crippen LogP contribution in [0.1, 0.15) is 25.0 Å². The maximum atomic E-state index is 3.56. The maximum absolute atomic E-state index is 3.56. The second kappa shape index (κ2) is 4.00. The number of benzene rings is 1. The molecule has 1 unspecified atom stereocenters. The Bertz CT molecular complexity index is 396. The monoisotopic (exact) mass is 218 g/mol. The van der Waals surface area contributed by atoms with Crippen molar-refractivity contribution in [3.8, 4) is 0 Å². The first kappa shape index (κ1) is 11.3. The van der Waals surface area contributed by atoms with Gasteiger partial charge in [-0.3, -0.25) is 0 Å². The Hall–Kier alpha value is -1.18. The van der Waals surface area contributed by atoms with Gasteiger partial charge in [-0.15, -0.1) is 0 Å². The molecule has 0 bridgehead atoms. The van der Waals surface area contributed by atoms with Crippen molar-refractivity contribution in [3.05, 3.63) is 23.3 Å². The van der Waals surface area contributed by atoms with Gasteiger partial charge in [-0.05, 0) is 37.0 Å². The third-order valence-corrected chi connectivity index (χ3v) is 3.57. The lowest BCUT2D eigenvalue weighted by molar-refractivity contribution is 0.482. The second-order valence-electron chi connectivity index (χ2n) is 5.28. The van der Waals surface area contributed by atoms with Crippen LogP contribution in [0.5, 0.6) is 0 Å². The number of hydrogen-bond donors (Lipinski definition) is 1. The minimum Gasteiger partial charge on any atom is -0.381 e. The number of nitrogens with one attached hydrogen (secondary N) is 1. The molecule has 2 heteroatoms. The first-order chi connectivity index (χ1) is 7.50. The zero-order chi connectivity index (χ0) is 11.9. The SMILES string of the molecule is Cc1cc(C)c2c(c1)NCC(C(C)C)N2C. The molecular weight excluding hydrogens is 196 g/mol. The van der Waals surface area contributed by atoms with Crippen molar-refractivity contribution < 1.29 is 0 Å². The summed E-state index contributed by atoms with van der Waals surface area (Å²) >= 11 is 0. The molecule has 0 saturated carbocycles. The van der Waals surface area contributed by atoms with Crippen LogP contribution < -0.4 is 10.2 Å². The van der Waals surface area contributed by atoms with Crippen molar-refractivity contribution in [2.24, 2.45) is 5.92 Å². The average Bonchev–Trinajstić information content (AvgIpc) is 2.15. The third kappa shape index (κ3) is 1.77. The van der Waals surface area contributed by atoms with E-state index in [1.54, 1.807) is 0 Å². The minimum absolute atomic E-state index is 0.592. The molecule has 1 aromatic carbocycles. The van der Waals surface area contributed by atoms with E-state index in [0.717, 1.165) is 6.54 Å². The number of fused-ring (bicyclic) bond motifs is 1. The molecule has 0 amide bonds. The van der Waals surface area contributed by atoms with Gasteiger partial charge >= 0.3 is 0 Å². The Morgan fingerprint density at radius 3 is 2.62 bits per heavy atom. The number of anilines is 2. The zero-order valence-corrected chi connectivity index (χ0v) is 11.0. The molecular formula is C14H22N2. The van der Waals surface area contributed by atoms with Crippen LogP contribution in [0, 0.1) is 19.8 Å². The summed E-state index contributed by atoms with van der Waals surface area (Å²) in [6.07, 6.45) is 0. The van der Waals surface area contributed by atoms with Gasteiger partial charge in [0.2, 0.25) is 0 Å². The fraction of sp³-hybridized carbons (Fsp3) is 0.571. The smallest absolute Gasteiger partial charge is 0.0632 e. The number of hydrogen-bond acceptors (Lipinski definition) is 2. The van der Waals surface area contributed by atoms with E-state index in [4.69, 9.17) is 0 Å². The van der Waals surface area contributed by atoms with Gasteiger partial charge in [0.05, 0.1) is 11.4 Å². The Balaban J connectivity index is 2.44. The maximum Gasteiger partial charge on any atom is 0.0632 e. The van der Waals surface area contributed by atoms with Crippen molar-refractivity contribution in [2.75, 3.05) is 23.8 Å². The van der Waals surface area contributed by atoms with E-state index in [-0.39, 0.29) is 0 Å². The quantitative estimate of drug-likeness (QED) is 0.778. The van der Waals surface area contributed by atoms with E-state index in [9.17, 15) is 0 Å². The molecule has 88 valence electrons. The lowest BCUT2D eigenvalue weighted by Gasteiger charge is -2.40. The molecule has 0 saturated heterocycles. The highest BCUT2D eigenvalue weighted by Crippen LogP contribution is 2.36. The number of rotatable bonds is 1. The summed E-state index contributed by atoms with van der Waals surface area (Å²) in [6.45, 7) is 9.98. The molecule has 16 heavy (non-hydrogen) atoms. The molecule has 1 heterocycles. The molecule has 1 aromatic rings. The Kier molecular flexibility index (Phi) is 2.83. The van der Waals surface area contributed by atoms with Crippen LogP contribution in [0.25, 0.3) is 0 Å². The first-order valence-corrected chi connectivity index (χ1v) is 6.08. The summed E-state index contributed by atoms with van der Waals surface area (Å²) in [5.74, 6) is 0.673. The summed E-state index contributed by atoms with van der Waals surface area (Å²) < 4.78 is 0. The Morgan fingerprint density at radius 2 is 2.00 bits per heavy atom. The topological polar surface area (TPSA) is 15.3 Å². The molecule has 0 aliphatic carbocycles. The first-order valence-electron chi connectivity index (χ1n) is 6.08. The minimum atomic E-state index is 0.592. The van der Waals surface area contributed by atoms with Crippen LogP contribution in [0.3, 0.4) is 0 Å². The highest BCUT2D eigenvalue weighted by atomic mass is 15.2. The van der Waals surface area contributed by atoms with Crippen molar-refractivity contribution in [2.45, 2.75) is 33.7 Å². The van der Waals surface area contributed by atoms with Gasteiger partial charge in [0.25, 0.3) is 0 Å². The highest BCUT2D eigenvalue weighted by molar-refractivity contribution is 5.76. The highest BCUT2D eigenvalue weighted by Gasteiger charge is 2.26. The van der Waals surface area contributed by atoms with E-state index < -0.39 is 0 Å². The van der Waals surface area contributed by atoms with Crippen molar-refractivity contribution in [1.29, 1.82) is 0 Å². The van der Waals surface area contributed by atoms with E-state index in [1.165, 1.54) is 22.5 Å². The zero-order valence-electron chi connectivity index (χ0n) is 11.0. The third-order valence-electron chi connectivity index (χ3n) is 3.57. The predicted molar refractivity (Wildman–Crippen MR) is 71.4 cm³/mol. The summed E-state index contributed by atoms with van der Waals surface area (Å²) in [5.41, 5.74) is 5.36. The van der Waals surface area contributed by atoms with E-state index >= 15 is 0 Å². The fourth-order valence-corrected chi connectivity index (χ4v) is 2.76. The van der Waals surface area contributed by atoms with Gasteiger partial charge in [0, 0.05) is 19.6 Å². The van der Waals surface area contributed by atoms with E-state index in [2.05, 4.69) is 57.1 Å². The molecule has 1 atom stereocenters. The van der Waals surface area contributed by atoms with Crippen molar-refractivity contribution >= 4 is 11.4 Å². The van der Waals surface area contributed by atoms with Crippen LogP contribution in [0.2, 0.25) is 0 Å². The van der Waals surface area contributed by atoms with Crippen LogP contribution in [-0.2, 0) is 0 Å². The standard InChI is InChI=1S/C14H22N2/c1-9(2)13-8-15-12-7-10(3)6-11(4)14(12)16(13)5/h6-7,9,13,15H,8H2,1-5H3. The predicted octanol–water partition coefficient (Wildman–Crippen LogP) is 3.19. The van der Waals surface area contributed by atoms with E-state index in [1.807, 2.05) is 0 Å². The number of nitrogens with zero attached hydrogens (tertiary/aromatic N) is 1. The van der Waals surface area contributed by atoms with Gasteiger partial charge in [-0.2, -0.15) is 0 Å². The Labute approximate surface area is 98.7 Å². The summed E-state index contributed by atoms with van der Waals surface area (Å²) in [5, 5.41) is 3.56. The fourth-order valence-electron chi connectivity index (χ4n) is 2.76. The normalized spacial score (nSPS) is 19.6. The van der Waals surface area contributed by atoms with Crippen LogP contribution in [0.4, 0.5) is 11.4 Å². The van der Waals surface area contributed by atoms with Crippen LogP contribution in [0.15, 0.2) is 12.1 Å². The van der Waals surface area contributed by atoms with Crippen LogP contribution >= 0.6 is 0 Å². The molecule has 1 N–H and O–H groups in total. The molecule has 0 spiro atoms. The second-order valence-corrected chi connectivity index (χ2v) is 5.28. The van der Waals surface area contributed by atoms with Gasteiger partial charge in [-0.1, -0.05) is 19.9 Å². The van der Waals surface area contributed by atoms with E-state index in [0.29, 0.717) is 12.0 Å². The van der Waals surface area contributed by atoms with Crippen molar-refractivity contribution in [3.63, 3.8) is 0 Å². The molecule has 0 aromatic heterocycles. The largest absolute Gasteiger partial charge is 0.381 e. The summed E-state index contributed by atoms with van der Waals surface area (Å²) in [7, 11) is 2.21. The number of likely N-dealkylation sites (N-methyl/N-ethyl adjacent to an activating group) is 1. The van der Waals surface area contributed by atoms with Gasteiger partial charge in [-0.25, -0.2) is 0 Å². The molecule has 0 radical (unpaired) electrons. The number of aryl methyl sites for hydroxylation is 2. The molecule has 2 nitrogen and oxygen atoms in total. The van der Waals surface area contributed by atoms with Crippen LogP contribution in [-0.4, -0.2) is 19.6 Å². The lowest BCUT2D eigenvalue weighted by Crippen LogP contribution is -2.45. The van der Waals surface area contributed by atoms with Crippen molar-refractivity contribution in [1.82, 2.24) is 0 Å². The van der Waals surface area contributed by atoms with Gasteiger partial charge < -0.3 is 10.2 Å². The summed E-state index contributed by atoms with van der Waals surface area (Å²) in [6, 6.07) is 5.10. The molecule has 0 fully saturated rings. The molecule has 2 rings (SSSR count). The molecule has 1 aliphatic rings. The Morgan fingerprint density at radius 1 is 1.31 bits per heavy atom. The van der Waals surface area contributed by atoms with Gasteiger partial charge in [0.15, 0.2) is 0 Å². The average molecular weight is 218 g/mol. The lowest BCUT2D eigenvalue weighted by atomic mass is 9.97.